The van der Waals surface area contributed by atoms with Crippen molar-refractivity contribution in [2.45, 2.75) is 51.0 Å². The molecule has 1 atom stereocenters. The number of halogens is 1. The first-order valence-corrected chi connectivity index (χ1v) is 12.0. The molecule has 7 heteroatoms. The van der Waals surface area contributed by atoms with E-state index in [1.54, 1.807) is 21.3 Å². The highest BCUT2D eigenvalue weighted by Crippen LogP contribution is 2.40. The quantitative estimate of drug-likeness (QED) is 0.464. The number of aryl methyl sites for hydroxylation is 1. The van der Waals surface area contributed by atoms with Crippen molar-refractivity contribution in [3.8, 4) is 11.4 Å². The van der Waals surface area contributed by atoms with E-state index in [2.05, 4.69) is 15.4 Å². The average molecular weight is 446 g/mol. The van der Waals surface area contributed by atoms with Crippen molar-refractivity contribution in [2.24, 2.45) is 18.9 Å². The van der Waals surface area contributed by atoms with Gasteiger partial charge in [0.05, 0.1) is 17.4 Å². The lowest BCUT2D eigenvalue weighted by atomic mass is 9.82. The molecule has 6 rings (SSSR count). The monoisotopic (exact) mass is 445 g/mol. The van der Waals surface area contributed by atoms with E-state index in [1.165, 1.54) is 57.2 Å². The Morgan fingerprint density at radius 1 is 1.09 bits per heavy atom. The van der Waals surface area contributed by atoms with Gasteiger partial charge in [-0.2, -0.15) is 5.10 Å². The summed E-state index contributed by atoms with van der Waals surface area (Å²) in [5.74, 6) is 0.917. The number of hydrogen-bond donors (Lipinski definition) is 1. The summed E-state index contributed by atoms with van der Waals surface area (Å²) in [6.07, 6.45) is 11.9. The SMILES string of the molecule is Cn1nc(-c2cnc3ccc(F)cn23)c2ccc(C(=O)NC(C3CCCCC3)C3CC3)cc21. The second-order valence-electron chi connectivity index (χ2n) is 9.66. The van der Waals surface area contributed by atoms with Crippen molar-refractivity contribution in [2.75, 3.05) is 0 Å². The molecule has 1 N–H and O–H groups in total. The van der Waals surface area contributed by atoms with E-state index in [-0.39, 0.29) is 11.7 Å². The summed E-state index contributed by atoms with van der Waals surface area (Å²) < 4.78 is 17.3. The Kier molecular flexibility index (Phi) is 4.93. The highest BCUT2D eigenvalue weighted by Gasteiger charge is 2.38. The van der Waals surface area contributed by atoms with E-state index in [4.69, 9.17) is 0 Å². The van der Waals surface area contributed by atoms with Crippen LogP contribution in [0.5, 0.6) is 0 Å². The molecule has 0 spiro atoms. The number of imidazole rings is 1. The van der Waals surface area contributed by atoms with Gasteiger partial charge in [0.25, 0.3) is 5.91 Å². The normalized spacial score (nSPS) is 18.1. The maximum Gasteiger partial charge on any atom is 0.251 e. The molecule has 2 aliphatic rings. The number of nitrogens with zero attached hydrogens (tertiary/aromatic N) is 4. The summed E-state index contributed by atoms with van der Waals surface area (Å²) >= 11 is 0. The molecule has 0 bridgehead atoms. The zero-order valence-electron chi connectivity index (χ0n) is 18.8. The van der Waals surface area contributed by atoms with Gasteiger partial charge in [0.15, 0.2) is 0 Å². The molecule has 0 saturated heterocycles. The van der Waals surface area contributed by atoms with Gasteiger partial charge in [0, 0.05) is 30.2 Å². The second-order valence-corrected chi connectivity index (χ2v) is 9.66. The summed E-state index contributed by atoms with van der Waals surface area (Å²) in [6, 6.07) is 9.07. The van der Waals surface area contributed by atoms with Crippen LogP contribution in [0.15, 0.2) is 42.7 Å². The minimum Gasteiger partial charge on any atom is -0.349 e. The van der Waals surface area contributed by atoms with Crippen LogP contribution in [0.25, 0.3) is 27.9 Å². The number of rotatable bonds is 5. The van der Waals surface area contributed by atoms with E-state index in [1.807, 2.05) is 25.2 Å². The molecular weight excluding hydrogens is 417 g/mol. The molecule has 0 radical (unpaired) electrons. The fourth-order valence-electron chi connectivity index (χ4n) is 5.52. The number of pyridine rings is 1. The molecule has 0 aliphatic heterocycles. The lowest BCUT2D eigenvalue weighted by Crippen LogP contribution is -2.42. The standard InChI is InChI=1S/C26H28FN5O/c1-31-21-13-18(26(33)29-24(17-7-8-17)16-5-3-2-4-6-16)9-11-20(21)25(30-31)22-14-28-23-12-10-19(27)15-32(22)23/h9-17,24H,2-8H2,1H3,(H,29,33). The minimum atomic E-state index is -0.330. The largest absolute Gasteiger partial charge is 0.349 e. The van der Waals surface area contributed by atoms with Gasteiger partial charge in [-0.15, -0.1) is 0 Å². The van der Waals surface area contributed by atoms with Gasteiger partial charge in [0.2, 0.25) is 0 Å². The van der Waals surface area contributed by atoms with Gasteiger partial charge in [-0.25, -0.2) is 9.37 Å². The fourth-order valence-corrected chi connectivity index (χ4v) is 5.52. The third-order valence-electron chi connectivity index (χ3n) is 7.41. The van der Waals surface area contributed by atoms with E-state index in [9.17, 15) is 9.18 Å². The molecule has 1 aromatic carbocycles. The number of benzene rings is 1. The van der Waals surface area contributed by atoms with Gasteiger partial charge < -0.3 is 5.32 Å². The highest BCUT2D eigenvalue weighted by atomic mass is 19.1. The van der Waals surface area contributed by atoms with Crippen LogP contribution in [0.2, 0.25) is 0 Å². The van der Waals surface area contributed by atoms with Gasteiger partial charge in [0.1, 0.15) is 17.2 Å². The summed E-state index contributed by atoms with van der Waals surface area (Å²) in [6.45, 7) is 0. The number of carbonyl (C=O) groups is 1. The van der Waals surface area contributed by atoms with Gasteiger partial charge in [-0.1, -0.05) is 19.3 Å². The minimum absolute atomic E-state index is 0.000929. The third kappa shape index (κ3) is 3.69. The lowest BCUT2D eigenvalue weighted by Gasteiger charge is -2.31. The molecule has 6 nitrogen and oxygen atoms in total. The van der Waals surface area contributed by atoms with Gasteiger partial charge in [-0.3, -0.25) is 13.9 Å². The molecule has 2 fully saturated rings. The second kappa shape index (κ2) is 7.97. The van der Waals surface area contributed by atoms with Crippen LogP contribution < -0.4 is 5.32 Å². The van der Waals surface area contributed by atoms with Crippen LogP contribution in [0, 0.1) is 17.7 Å². The van der Waals surface area contributed by atoms with E-state index < -0.39 is 0 Å². The average Bonchev–Trinajstić information content (AvgIpc) is 3.52. The zero-order valence-corrected chi connectivity index (χ0v) is 18.8. The number of aromatic nitrogens is 4. The Labute approximate surface area is 191 Å². The van der Waals surface area contributed by atoms with Crippen molar-refractivity contribution >= 4 is 22.5 Å². The Hall–Kier alpha value is -3.22. The summed E-state index contributed by atoms with van der Waals surface area (Å²) in [4.78, 5) is 17.6. The van der Waals surface area contributed by atoms with Crippen LogP contribution in [0.4, 0.5) is 4.39 Å². The Balaban J connectivity index is 1.32. The van der Waals surface area contributed by atoms with Crippen LogP contribution >= 0.6 is 0 Å². The van der Waals surface area contributed by atoms with Crippen LogP contribution in [-0.4, -0.2) is 31.1 Å². The smallest absolute Gasteiger partial charge is 0.251 e. The van der Waals surface area contributed by atoms with E-state index in [0.717, 1.165) is 22.3 Å². The number of hydrogen-bond acceptors (Lipinski definition) is 3. The summed E-state index contributed by atoms with van der Waals surface area (Å²) in [5, 5.41) is 8.98. The first-order valence-electron chi connectivity index (χ1n) is 12.0. The molecule has 1 unspecified atom stereocenters. The van der Waals surface area contributed by atoms with Crippen molar-refractivity contribution in [1.82, 2.24) is 24.5 Å². The molecule has 3 heterocycles. The summed E-state index contributed by atoms with van der Waals surface area (Å²) in [7, 11) is 1.87. The summed E-state index contributed by atoms with van der Waals surface area (Å²) in [5.41, 5.74) is 3.62. The van der Waals surface area contributed by atoms with Crippen molar-refractivity contribution < 1.29 is 9.18 Å². The molecule has 170 valence electrons. The molecular formula is C26H28FN5O. The maximum absolute atomic E-state index is 13.9. The zero-order chi connectivity index (χ0) is 22.5. The number of amides is 1. The number of carbonyl (C=O) groups excluding carboxylic acids is 1. The van der Waals surface area contributed by atoms with Gasteiger partial charge in [-0.05, 0) is 67.9 Å². The van der Waals surface area contributed by atoms with Crippen molar-refractivity contribution in [3.63, 3.8) is 0 Å². The topological polar surface area (TPSA) is 64.2 Å². The van der Waals surface area contributed by atoms with Crippen LogP contribution in [0.1, 0.15) is 55.3 Å². The number of fused-ring (bicyclic) bond motifs is 2. The van der Waals surface area contributed by atoms with Crippen LogP contribution in [-0.2, 0) is 7.05 Å². The molecule has 33 heavy (non-hydrogen) atoms. The first kappa shape index (κ1) is 20.4. The number of nitrogens with one attached hydrogen (secondary N) is 1. The Morgan fingerprint density at radius 3 is 2.67 bits per heavy atom. The maximum atomic E-state index is 13.9. The highest BCUT2D eigenvalue weighted by molar-refractivity contribution is 6.01. The van der Waals surface area contributed by atoms with Crippen molar-refractivity contribution in [3.05, 3.63) is 54.1 Å². The van der Waals surface area contributed by atoms with E-state index in [0.29, 0.717) is 29.1 Å². The van der Waals surface area contributed by atoms with E-state index >= 15 is 0 Å². The molecule has 3 aromatic heterocycles. The molecule has 2 aliphatic carbocycles. The predicted octanol–water partition coefficient (Wildman–Crippen LogP) is 5.12. The van der Waals surface area contributed by atoms with Crippen LogP contribution in [0.3, 0.4) is 0 Å². The lowest BCUT2D eigenvalue weighted by molar-refractivity contribution is 0.0903. The van der Waals surface area contributed by atoms with Crippen molar-refractivity contribution in [1.29, 1.82) is 0 Å². The third-order valence-corrected chi connectivity index (χ3v) is 7.41. The molecule has 1 amide bonds. The fraction of sp³-hybridized carbons (Fsp3) is 0.423. The Morgan fingerprint density at radius 2 is 1.88 bits per heavy atom. The first-order chi connectivity index (χ1) is 16.1. The predicted molar refractivity (Wildman–Crippen MR) is 125 cm³/mol. The molecule has 2 saturated carbocycles. The Bertz CT molecular complexity index is 1350. The molecule has 4 aromatic rings. The van der Waals surface area contributed by atoms with Gasteiger partial charge >= 0.3 is 0 Å².